The second-order valence-corrected chi connectivity index (χ2v) is 35.5. The van der Waals surface area contributed by atoms with Gasteiger partial charge >= 0.3 is 23.9 Å². The van der Waals surface area contributed by atoms with E-state index in [1.165, 1.54) is 17.4 Å². The molecule has 122 heavy (non-hydrogen) atoms. The highest BCUT2D eigenvalue weighted by molar-refractivity contribution is 7.98. The molecule has 632 valence electrons. The van der Waals surface area contributed by atoms with Gasteiger partial charge in [-0.1, -0.05) is 48.5 Å². The van der Waals surface area contributed by atoms with E-state index in [2.05, 4.69) is 59.4 Å². The lowest BCUT2D eigenvalue weighted by molar-refractivity contribution is -0.144. The molecule has 5 N–H and O–H groups in total. The number of amides is 2. The van der Waals surface area contributed by atoms with E-state index in [4.69, 9.17) is 30.8 Å². The van der Waals surface area contributed by atoms with E-state index >= 15 is 0 Å². The minimum atomic E-state index is -3.31. The number of rotatable bonds is 29. The van der Waals surface area contributed by atoms with Crippen LogP contribution in [0, 0.1) is 50.4 Å². The summed E-state index contributed by atoms with van der Waals surface area (Å²) in [6.45, 7) is 14.1. The molecule has 12 aromatic rings. The van der Waals surface area contributed by atoms with E-state index < -0.39 is 47.3 Å². The standard InChI is InChI=1S/C24H26N2O5S.C24H24N2O4S.C24H24N2O2S.C22H22N2O5S/c1-4-31-23(27)14-9-19-8-13-22(17-5-10-20(11-6-17)32(3,29)30)26(19)21-12-7-18(24(25)28)15-16(21)2;1-4-30-24(27)14-9-20-8-13-23(19-6-10-21(11-7-19)31(3,28)29)26(20)22-12-5-18(16-25)15-17(22)2;1-4-28-24(27)14-9-20-8-13-23(19-6-10-21(29-3)11-7-19)26(20)22-12-5-18(16-25)15-17(22)2;1-14-13-16(22(23)27)5-10-19(14)24-17(7-12-21(25)26)6-11-20(24)15-3-8-18(9-4-15)30(2,28)29/h5-8,10-13,15H,4,9,14H2,1-3H3,(H2,25,28);5-8,10-13,15H,4,9,14H2,1-3H3;5-8,10-13,15H,4,9,14H2,1-3H3;3-6,8-11,13H,7,12H2,1-2H3,(H2,23,27)(H,25,26). The Morgan fingerprint density at radius 2 is 0.623 bits per heavy atom. The molecule has 0 aliphatic heterocycles. The molecule has 0 atom stereocenters. The first-order valence-electron chi connectivity index (χ1n) is 38.9. The molecule has 12 rings (SSSR count). The van der Waals surface area contributed by atoms with Crippen molar-refractivity contribution in [3.8, 4) is 79.9 Å². The molecule has 24 nitrogen and oxygen atoms in total. The van der Waals surface area contributed by atoms with Crippen molar-refractivity contribution in [2.24, 2.45) is 11.5 Å². The maximum atomic E-state index is 11.9. The van der Waals surface area contributed by atoms with Gasteiger partial charge in [0.1, 0.15) is 0 Å². The summed E-state index contributed by atoms with van der Waals surface area (Å²) in [6.07, 6.45) is 8.17. The third kappa shape index (κ3) is 23.9. The zero-order valence-corrected chi connectivity index (χ0v) is 72.9. The number of nitriles is 2. The number of carboxylic acids is 1. The second kappa shape index (κ2) is 41.7. The van der Waals surface area contributed by atoms with E-state index in [0.717, 1.165) is 119 Å². The van der Waals surface area contributed by atoms with Gasteiger partial charge in [-0.3, -0.25) is 28.8 Å². The van der Waals surface area contributed by atoms with E-state index in [-0.39, 0.29) is 51.9 Å². The summed E-state index contributed by atoms with van der Waals surface area (Å²) in [5, 5.41) is 27.5. The van der Waals surface area contributed by atoms with Crippen LogP contribution in [-0.2, 0) is 88.6 Å². The Morgan fingerprint density at radius 1 is 0.369 bits per heavy atom. The van der Waals surface area contributed by atoms with Crippen LogP contribution in [0.4, 0.5) is 0 Å². The highest BCUT2D eigenvalue weighted by atomic mass is 32.2. The van der Waals surface area contributed by atoms with Crippen molar-refractivity contribution in [2.45, 2.75) is 119 Å². The predicted octanol–water partition coefficient (Wildman–Crippen LogP) is 16.2. The van der Waals surface area contributed by atoms with Crippen LogP contribution in [0.2, 0.25) is 0 Å². The van der Waals surface area contributed by atoms with Crippen LogP contribution in [0.15, 0.2) is 238 Å². The number of primary amides is 2. The predicted molar refractivity (Wildman–Crippen MR) is 472 cm³/mol. The number of sulfone groups is 3. The van der Waals surface area contributed by atoms with E-state index in [1.807, 2.05) is 121 Å². The monoisotopic (exact) mass is 1720 g/mol. The summed E-state index contributed by atoms with van der Waals surface area (Å²) in [4.78, 5) is 71.8. The Kier molecular flexibility index (Phi) is 31.7. The van der Waals surface area contributed by atoms with Crippen molar-refractivity contribution >= 4 is 77.0 Å². The van der Waals surface area contributed by atoms with Crippen molar-refractivity contribution < 1.29 is 73.3 Å². The number of aryl methyl sites for hydroxylation is 8. The van der Waals surface area contributed by atoms with Crippen LogP contribution >= 0.6 is 11.8 Å². The number of esters is 3. The maximum Gasteiger partial charge on any atom is 0.306 e. The summed E-state index contributed by atoms with van der Waals surface area (Å²) >= 11 is 1.71. The van der Waals surface area contributed by atoms with Crippen molar-refractivity contribution in [3.63, 3.8) is 0 Å². The van der Waals surface area contributed by atoms with Gasteiger partial charge in [-0.25, -0.2) is 25.3 Å². The SMILES string of the molecule is CCOC(=O)CCc1ccc(-c2ccc(S(C)(=O)=O)cc2)n1-c1ccc(C#N)cc1C.CCOC(=O)CCc1ccc(-c2ccc(S(C)(=O)=O)cc2)n1-c1ccc(C(N)=O)cc1C.CCOC(=O)CCc1ccc(-c2ccc(SC)cc2)n1-c1ccc(C#N)cc1C.Cc1cc(C(N)=O)ccc1-n1c(CCC(=O)O)ccc1-c1ccc(S(C)(=O)=O)cc1. The minimum Gasteiger partial charge on any atom is -0.481 e. The second-order valence-electron chi connectivity index (χ2n) is 28.6. The molecule has 0 aliphatic carbocycles. The van der Waals surface area contributed by atoms with Crippen LogP contribution in [-0.4, -0.2) is 129 Å². The number of hydrogen-bond donors (Lipinski definition) is 3. The van der Waals surface area contributed by atoms with Gasteiger partial charge in [0.2, 0.25) is 11.8 Å². The number of carboxylic acid groups (broad SMARTS) is 1. The van der Waals surface area contributed by atoms with Crippen LogP contribution in [0.3, 0.4) is 0 Å². The van der Waals surface area contributed by atoms with E-state index in [9.17, 15) is 64.5 Å². The number of nitrogens with zero attached hydrogens (tertiary/aromatic N) is 6. The Labute approximate surface area is 715 Å². The van der Waals surface area contributed by atoms with Crippen LogP contribution in [0.25, 0.3) is 67.8 Å². The van der Waals surface area contributed by atoms with Crippen LogP contribution in [0.1, 0.15) is 123 Å². The van der Waals surface area contributed by atoms with Crippen molar-refractivity contribution in [1.29, 1.82) is 10.5 Å². The van der Waals surface area contributed by atoms with Gasteiger partial charge in [-0.2, -0.15) is 10.5 Å². The minimum absolute atomic E-state index is 0.0329. The number of aromatic nitrogens is 4. The smallest absolute Gasteiger partial charge is 0.306 e. The van der Waals surface area contributed by atoms with Crippen LogP contribution in [0.5, 0.6) is 0 Å². The third-order valence-corrected chi connectivity index (χ3v) is 23.9. The summed E-state index contributed by atoms with van der Waals surface area (Å²) < 4.78 is 94.1. The quantitative estimate of drug-likeness (QED) is 0.0223. The Morgan fingerprint density at radius 3 is 0.844 bits per heavy atom. The van der Waals surface area contributed by atoms with Crippen LogP contribution < -0.4 is 11.5 Å². The fraction of sp³-hybridized carbons (Fsp3) is 0.234. The lowest BCUT2D eigenvalue weighted by Gasteiger charge is -2.17. The largest absolute Gasteiger partial charge is 0.481 e. The highest BCUT2D eigenvalue weighted by Gasteiger charge is 2.23. The van der Waals surface area contributed by atoms with Gasteiger partial charge < -0.3 is 49.1 Å². The molecule has 0 radical (unpaired) electrons. The fourth-order valence-corrected chi connectivity index (χ4v) is 16.1. The number of ether oxygens (including phenoxy) is 3. The summed E-state index contributed by atoms with van der Waals surface area (Å²) in [5.74, 6) is -2.66. The van der Waals surface area contributed by atoms with Crippen molar-refractivity contribution in [3.05, 3.63) is 286 Å². The Bertz CT molecular complexity index is 6310. The molecule has 2 amide bonds. The van der Waals surface area contributed by atoms with Gasteiger partial charge in [0, 0.05) is 80.3 Å². The highest BCUT2D eigenvalue weighted by Crippen LogP contribution is 2.36. The Balaban J connectivity index is 0.000000185. The summed E-state index contributed by atoms with van der Waals surface area (Å²) in [5.41, 5.74) is 30.6. The van der Waals surface area contributed by atoms with Crippen molar-refractivity contribution in [2.75, 3.05) is 44.8 Å². The molecule has 0 saturated carbocycles. The molecule has 4 aromatic heterocycles. The van der Waals surface area contributed by atoms with Gasteiger partial charge in [0.05, 0.1) is 106 Å². The first-order valence-corrected chi connectivity index (χ1v) is 45.8. The van der Waals surface area contributed by atoms with Gasteiger partial charge in [0.25, 0.3) is 0 Å². The van der Waals surface area contributed by atoms with Gasteiger partial charge in [0.15, 0.2) is 29.5 Å². The average molecular weight is 1720 g/mol. The number of aliphatic carboxylic acids is 1. The first-order chi connectivity index (χ1) is 58.0. The first kappa shape index (κ1) is 92.8. The fourth-order valence-electron chi connectivity index (χ4n) is 13.8. The molecule has 8 aromatic carbocycles. The topological polar surface area (TPSA) is 372 Å². The molecule has 0 unspecified atom stereocenters. The molecular formula is C94H96N8O16S4. The molecular weight excluding hydrogens is 1630 g/mol. The van der Waals surface area contributed by atoms with E-state index in [0.29, 0.717) is 74.2 Å². The molecule has 0 aliphatic rings. The normalized spacial score (nSPS) is 11.1. The molecule has 0 spiro atoms. The average Bonchev–Trinajstić information content (AvgIpc) is 1.71. The van der Waals surface area contributed by atoms with Crippen molar-refractivity contribution in [1.82, 2.24) is 18.3 Å². The number of carbonyl (C=O) groups is 6. The zero-order chi connectivity index (χ0) is 88.9. The van der Waals surface area contributed by atoms with Gasteiger partial charge in [-0.05, 0) is 295 Å². The lowest BCUT2D eigenvalue weighted by Crippen LogP contribution is -2.12. The number of thioether (sulfide) groups is 1. The number of benzene rings is 8. The lowest BCUT2D eigenvalue weighted by atomic mass is 10.1. The number of carbonyl (C=O) groups excluding carboxylic acids is 5. The number of nitrogens with two attached hydrogens (primary N) is 2. The molecule has 0 saturated heterocycles. The summed E-state index contributed by atoms with van der Waals surface area (Å²) in [7, 11) is -9.90. The summed E-state index contributed by atoms with van der Waals surface area (Å²) in [6, 6.07) is 69.8. The third-order valence-electron chi connectivity index (χ3n) is 19.8. The molecule has 0 fully saturated rings. The molecule has 0 bridgehead atoms. The molecule has 4 heterocycles. The zero-order valence-electron chi connectivity index (χ0n) is 69.6. The van der Waals surface area contributed by atoms with E-state index in [1.54, 1.807) is 135 Å². The maximum absolute atomic E-state index is 11.9. The van der Waals surface area contributed by atoms with Gasteiger partial charge in [-0.15, -0.1) is 11.8 Å². The molecule has 28 heteroatoms. The number of hydrogen-bond acceptors (Lipinski definition) is 18. The Hall–Kier alpha value is -13.1.